The number of rotatable bonds is 3. The molecular formula is C8H16N6. The Bertz CT molecular complexity index is 220. The van der Waals surface area contributed by atoms with Crippen molar-refractivity contribution < 1.29 is 0 Å². The van der Waals surface area contributed by atoms with E-state index >= 15 is 0 Å². The van der Waals surface area contributed by atoms with E-state index in [1.807, 2.05) is 0 Å². The molecule has 0 radical (unpaired) electrons. The fraction of sp³-hybridized carbons (Fsp3) is 0.750. The minimum Gasteiger partial charge on any atom is -0.355 e. The number of nitrogens with one attached hydrogen (secondary N) is 4. The van der Waals surface area contributed by atoms with Gasteiger partial charge in [0.05, 0.1) is 13.1 Å². The van der Waals surface area contributed by atoms with Crippen LogP contribution < -0.4 is 21.3 Å². The minimum absolute atomic E-state index is 0.854. The first-order valence-electron chi connectivity index (χ1n) is 4.99. The fourth-order valence-electron chi connectivity index (χ4n) is 1.39. The van der Waals surface area contributed by atoms with Gasteiger partial charge in [-0.1, -0.05) is 0 Å². The molecule has 0 fully saturated rings. The average molecular weight is 196 g/mol. The first kappa shape index (κ1) is 9.11. The molecule has 0 saturated heterocycles. The summed E-state index contributed by atoms with van der Waals surface area (Å²) >= 11 is 0. The van der Waals surface area contributed by atoms with E-state index in [2.05, 4.69) is 31.3 Å². The van der Waals surface area contributed by atoms with Crippen LogP contribution in [0.4, 0.5) is 0 Å². The molecule has 0 bridgehead atoms. The lowest BCUT2D eigenvalue weighted by atomic mass is 10.6. The van der Waals surface area contributed by atoms with Gasteiger partial charge in [0.15, 0.2) is 11.9 Å². The van der Waals surface area contributed by atoms with Gasteiger partial charge in [0.2, 0.25) is 0 Å². The van der Waals surface area contributed by atoms with E-state index in [9.17, 15) is 0 Å². The molecule has 0 unspecified atom stereocenters. The van der Waals surface area contributed by atoms with Crippen LogP contribution in [0.15, 0.2) is 9.98 Å². The third-order valence-corrected chi connectivity index (χ3v) is 2.06. The number of guanidine groups is 2. The molecule has 0 amide bonds. The minimum atomic E-state index is 0.854. The number of hydrogen-bond donors (Lipinski definition) is 4. The van der Waals surface area contributed by atoms with Crippen molar-refractivity contribution in [3.63, 3.8) is 0 Å². The zero-order valence-corrected chi connectivity index (χ0v) is 8.14. The molecule has 78 valence electrons. The summed E-state index contributed by atoms with van der Waals surface area (Å²) in [4.78, 5) is 8.45. The molecule has 6 heteroatoms. The van der Waals surface area contributed by atoms with Gasteiger partial charge >= 0.3 is 0 Å². The second-order valence-electron chi connectivity index (χ2n) is 3.17. The third kappa shape index (κ3) is 2.51. The zero-order chi connectivity index (χ0) is 9.64. The second kappa shape index (κ2) is 4.69. The van der Waals surface area contributed by atoms with Crippen molar-refractivity contribution >= 4 is 11.9 Å². The monoisotopic (exact) mass is 196 g/mol. The van der Waals surface area contributed by atoms with Crippen LogP contribution in [0.1, 0.15) is 0 Å². The van der Waals surface area contributed by atoms with Gasteiger partial charge < -0.3 is 21.3 Å². The zero-order valence-electron chi connectivity index (χ0n) is 8.14. The van der Waals surface area contributed by atoms with Crippen LogP contribution in [-0.4, -0.2) is 51.2 Å². The van der Waals surface area contributed by atoms with E-state index in [0.29, 0.717) is 0 Å². The maximum absolute atomic E-state index is 4.23. The highest BCUT2D eigenvalue weighted by atomic mass is 15.2. The highest BCUT2D eigenvalue weighted by Crippen LogP contribution is 1.81. The Morgan fingerprint density at radius 1 is 0.929 bits per heavy atom. The van der Waals surface area contributed by atoms with Gasteiger partial charge in [0.25, 0.3) is 0 Å². The quantitative estimate of drug-likeness (QED) is 0.397. The van der Waals surface area contributed by atoms with Crippen molar-refractivity contribution in [1.82, 2.24) is 21.3 Å². The van der Waals surface area contributed by atoms with Gasteiger partial charge in [-0.15, -0.1) is 0 Å². The van der Waals surface area contributed by atoms with Crippen molar-refractivity contribution in [3.8, 4) is 0 Å². The summed E-state index contributed by atoms with van der Waals surface area (Å²) in [6, 6.07) is 0. The smallest absolute Gasteiger partial charge is 0.191 e. The maximum Gasteiger partial charge on any atom is 0.191 e. The molecule has 2 rings (SSSR count). The SMILES string of the molecule is C1CNC(NCCNC2=NCCN2)=N1. The summed E-state index contributed by atoms with van der Waals surface area (Å²) in [5.74, 6) is 1.82. The van der Waals surface area contributed by atoms with E-state index in [4.69, 9.17) is 0 Å². The topological polar surface area (TPSA) is 72.8 Å². The Hall–Kier alpha value is -1.46. The molecule has 0 aliphatic carbocycles. The molecular weight excluding hydrogens is 180 g/mol. The molecule has 0 saturated carbocycles. The van der Waals surface area contributed by atoms with Crippen LogP contribution in [0.25, 0.3) is 0 Å². The summed E-state index contributed by atoms with van der Waals surface area (Å²) in [6.07, 6.45) is 0. The first-order chi connectivity index (χ1) is 6.95. The maximum atomic E-state index is 4.23. The van der Waals surface area contributed by atoms with Crippen molar-refractivity contribution in [1.29, 1.82) is 0 Å². The molecule has 0 aromatic carbocycles. The molecule has 2 aliphatic rings. The standard InChI is InChI=1S/C8H16N6/c1-2-10-7(9-1)13-5-6-14-8-11-3-4-12-8/h1-6H2,(H2,9,10,13)(H2,11,12,14). The van der Waals surface area contributed by atoms with E-state index in [1.54, 1.807) is 0 Å². The Balaban J connectivity index is 1.54. The highest BCUT2D eigenvalue weighted by molar-refractivity contribution is 5.82. The van der Waals surface area contributed by atoms with Gasteiger partial charge in [-0.2, -0.15) is 0 Å². The lowest BCUT2D eigenvalue weighted by Gasteiger charge is -2.08. The lowest BCUT2D eigenvalue weighted by molar-refractivity contribution is 0.782. The normalized spacial score (nSPS) is 19.4. The Morgan fingerprint density at radius 3 is 1.79 bits per heavy atom. The fourth-order valence-corrected chi connectivity index (χ4v) is 1.39. The number of hydrogen-bond acceptors (Lipinski definition) is 6. The van der Waals surface area contributed by atoms with Gasteiger partial charge in [0, 0.05) is 26.2 Å². The molecule has 14 heavy (non-hydrogen) atoms. The van der Waals surface area contributed by atoms with Crippen LogP contribution in [0.3, 0.4) is 0 Å². The van der Waals surface area contributed by atoms with Gasteiger partial charge in [-0.3, -0.25) is 9.98 Å². The number of aliphatic imine (C=N–C) groups is 2. The van der Waals surface area contributed by atoms with Crippen molar-refractivity contribution in [3.05, 3.63) is 0 Å². The predicted octanol–water partition coefficient (Wildman–Crippen LogP) is -1.92. The Kier molecular flexibility index (Phi) is 3.05. The Morgan fingerprint density at radius 2 is 1.43 bits per heavy atom. The average Bonchev–Trinajstić information content (AvgIpc) is 2.86. The van der Waals surface area contributed by atoms with Crippen LogP contribution in [0.2, 0.25) is 0 Å². The molecule has 0 spiro atoms. The van der Waals surface area contributed by atoms with Crippen LogP contribution in [0, 0.1) is 0 Å². The van der Waals surface area contributed by atoms with Crippen molar-refractivity contribution in [2.75, 3.05) is 39.3 Å². The predicted molar refractivity (Wildman–Crippen MR) is 56.6 cm³/mol. The second-order valence-corrected chi connectivity index (χ2v) is 3.17. The van der Waals surface area contributed by atoms with E-state index < -0.39 is 0 Å². The Labute approximate surface area is 83.3 Å². The van der Waals surface area contributed by atoms with Gasteiger partial charge in [0.1, 0.15) is 0 Å². The summed E-state index contributed by atoms with van der Waals surface area (Å²) in [5.41, 5.74) is 0. The van der Waals surface area contributed by atoms with Crippen LogP contribution in [0.5, 0.6) is 0 Å². The first-order valence-corrected chi connectivity index (χ1v) is 4.99. The molecule has 6 nitrogen and oxygen atoms in total. The highest BCUT2D eigenvalue weighted by Gasteiger charge is 2.04. The van der Waals surface area contributed by atoms with E-state index in [1.165, 1.54) is 0 Å². The summed E-state index contributed by atoms with van der Waals surface area (Å²) < 4.78 is 0. The molecule has 0 atom stereocenters. The van der Waals surface area contributed by atoms with Crippen LogP contribution in [-0.2, 0) is 0 Å². The molecule has 0 aromatic heterocycles. The molecule has 0 aromatic rings. The van der Waals surface area contributed by atoms with Crippen LogP contribution >= 0.6 is 0 Å². The van der Waals surface area contributed by atoms with Crippen molar-refractivity contribution in [2.45, 2.75) is 0 Å². The molecule has 2 heterocycles. The van der Waals surface area contributed by atoms with E-state index in [0.717, 1.165) is 51.2 Å². The largest absolute Gasteiger partial charge is 0.355 e. The van der Waals surface area contributed by atoms with Gasteiger partial charge in [-0.25, -0.2) is 0 Å². The lowest BCUT2D eigenvalue weighted by Crippen LogP contribution is -2.41. The number of nitrogens with zero attached hydrogens (tertiary/aromatic N) is 2. The summed E-state index contributed by atoms with van der Waals surface area (Å²) in [6.45, 7) is 5.36. The summed E-state index contributed by atoms with van der Waals surface area (Å²) in [7, 11) is 0. The molecule has 2 aliphatic heterocycles. The third-order valence-electron chi connectivity index (χ3n) is 2.06. The van der Waals surface area contributed by atoms with Gasteiger partial charge in [-0.05, 0) is 0 Å². The molecule has 4 N–H and O–H groups in total. The van der Waals surface area contributed by atoms with Crippen molar-refractivity contribution in [2.24, 2.45) is 9.98 Å². The summed E-state index contributed by atoms with van der Waals surface area (Å²) in [5, 5.41) is 12.7. The van der Waals surface area contributed by atoms with E-state index in [-0.39, 0.29) is 0 Å².